The molecule has 0 radical (unpaired) electrons. The molecule has 0 N–H and O–H groups in total. The normalized spacial score (nSPS) is 20.6. The van der Waals surface area contributed by atoms with Gasteiger partial charge in [-0.2, -0.15) is 0 Å². The summed E-state index contributed by atoms with van der Waals surface area (Å²) in [6.45, 7) is 9.35. The van der Waals surface area contributed by atoms with Gasteiger partial charge in [0, 0.05) is 51.0 Å². The van der Waals surface area contributed by atoms with Crippen LogP contribution in [0.15, 0.2) is 18.2 Å². The molecule has 3 rings (SSSR count). The summed E-state index contributed by atoms with van der Waals surface area (Å²) in [4.78, 5) is 17.5. The predicted molar refractivity (Wildman–Crippen MR) is 120 cm³/mol. The third kappa shape index (κ3) is 5.90. The fourth-order valence-electron chi connectivity index (χ4n) is 4.69. The van der Waals surface area contributed by atoms with Crippen molar-refractivity contribution in [1.82, 2.24) is 9.80 Å². The molecule has 7 nitrogen and oxygen atoms in total. The van der Waals surface area contributed by atoms with Gasteiger partial charge in [-0.25, -0.2) is 0 Å². The minimum Gasteiger partial charge on any atom is -0.497 e. The molecule has 0 aromatic heterocycles. The van der Waals surface area contributed by atoms with E-state index < -0.39 is 0 Å². The Bertz CT molecular complexity index is 708. The minimum atomic E-state index is 0.0352. The molecule has 2 aliphatic rings. The molecule has 2 aliphatic heterocycles. The first-order valence-corrected chi connectivity index (χ1v) is 11.3. The van der Waals surface area contributed by atoms with Crippen LogP contribution in [0.4, 0.5) is 0 Å². The first-order valence-electron chi connectivity index (χ1n) is 11.3. The maximum atomic E-state index is 13.1. The number of benzene rings is 1. The van der Waals surface area contributed by atoms with Crippen molar-refractivity contribution >= 4 is 5.91 Å². The number of likely N-dealkylation sites (tertiary alicyclic amines) is 1. The molecule has 0 saturated carbocycles. The molecule has 174 valence electrons. The molecule has 1 unspecified atom stereocenters. The molecule has 7 heteroatoms. The second kappa shape index (κ2) is 10.7. The highest BCUT2D eigenvalue weighted by Crippen LogP contribution is 2.42. The quantitative estimate of drug-likeness (QED) is 0.595. The Morgan fingerprint density at radius 3 is 2.35 bits per heavy atom. The zero-order valence-corrected chi connectivity index (χ0v) is 19.7. The van der Waals surface area contributed by atoms with Gasteiger partial charge in [0.1, 0.15) is 11.5 Å². The molecule has 2 fully saturated rings. The molecule has 0 aliphatic carbocycles. The second-order valence-corrected chi connectivity index (χ2v) is 9.11. The molecule has 1 aromatic carbocycles. The van der Waals surface area contributed by atoms with E-state index in [1.165, 1.54) is 0 Å². The molecule has 1 aromatic rings. The van der Waals surface area contributed by atoms with Crippen molar-refractivity contribution in [2.75, 3.05) is 60.7 Å². The van der Waals surface area contributed by atoms with Gasteiger partial charge in [0.25, 0.3) is 5.91 Å². The van der Waals surface area contributed by atoms with Crippen LogP contribution in [0.3, 0.4) is 0 Å². The highest BCUT2D eigenvalue weighted by molar-refractivity contribution is 5.95. The van der Waals surface area contributed by atoms with Crippen molar-refractivity contribution in [3.8, 4) is 11.5 Å². The van der Waals surface area contributed by atoms with Gasteiger partial charge in [0.05, 0.1) is 33.5 Å². The molecule has 0 bridgehead atoms. The predicted octanol–water partition coefficient (Wildman–Crippen LogP) is 3.07. The maximum Gasteiger partial charge on any atom is 0.254 e. The van der Waals surface area contributed by atoms with E-state index in [2.05, 4.69) is 18.7 Å². The third-order valence-corrected chi connectivity index (χ3v) is 6.75. The van der Waals surface area contributed by atoms with Crippen LogP contribution in [0, 0.1) is 5.41 Å². The Kier molecular flexibility index (Phi) is 8.19. The lowest BCUT2D eigenvalue weighted by molar-refractivity contribution is 0.0366. The summed E-state index contributed by atoms with van der Waals surface area (Å²) in [6.07, 6.45) is 3.29. The van der Waals surface area contributed by atoms with E-state index in [9.17, 15) is 4.79 Å². The summed E-state index contributed by atoms with van der Waals surface area (Å²) in [5, 5.41) is 0. The van der Waals surface area contributed by atoms with Gasteiger partial charge in [-0.3, -0.25) is 9.69 Å². The van der Waals surface area contributed by atoms with Crippen molar-refractivity contribution in [2.24, 2.45) is 5.41 Å². The van der Waals surface area contributed by atoms with Crippen LogP contribution < -0.4 is 9.47 Å². The smallest absolute Gasteiger partial charge is 0.254 e. The van der Waals surface area contributed by atoms with E-state index in [1.54, 1.807) is 39.5 Å². The number of methoxy groups -OCH3 is 3. The Labute approximate surface area is 186 Å². The summed E-state index contributed by atoms with van der Waals surface area (Å²) in [5.41, 5.74) is 0.802. The average Bonchev–Trinajstić information content (AvgIpc) is 3.17. The van der Waals surface area contributed by atoms with Crippen molar-refractivity contribution in [1.29, 1.82) is 0 Å². The van der Waals surface area contributed by atoms with Crippen LogP contribution in [-0.4, -0.2) is 88.6 Å². The fourth-order valence-corrected chi connectivity index (χ4v) is 4.69. The summed E-state index contributed by atoms with van der Waals surface area (Å²) >= 11 is 0. The van der Waals surface area contributed by atoms with Crippen LogP contribution in [0.25, 0.3) is 0 Å². The van der Waals surface area contributed by atoms with Gasteiger partial charge in [-0.15, -0.1) is 0 Å². The maximum absolute atomic E-state index is 13.1. The molecule has 1 atom stereocenters. The van der Waals surface area contributed by atoms with Gasteiger partial charge in [0.2, 0.25) is 0 Å². The van der Waals surface area contributed by atoms with Gasteiger partial charge < -0.3 is 23.8 Å². The first kappa shape index (κ1) is 23.8. The van der Waals surface area contributed by atoms with Crippen LogP contribution in [0.2, 0.25) is 0 Å². The van der Waals surface area contributed by atoms with E-state index in [4.69, 9.17) is 18.9 Å². The highest BCUT2D eigenvalue weighted by Gasteiger charge is 2.43. The number of amides is 1. The Morgan fingerprint density at radius 2 is 1.81 bits per heavy atom. The van der Waals surface area contributed by atoms with Crippen molar-refractivity contribution in [3.63, 3.8) is 0 Å². The second-order valence-electron chi connectivity index (χ2n) is 9.11. The van der Waals surface area contributed by atoms with E-state index in [0.29, 0.717) is 23.1 Å². The fraction of sp³-hybridized carbons (Fsp3) is 0.708. The number of hydrogen-bond donors (Lipinski definition) is 0. The monoisotopic (exact) mass is 434 g/mol. The number of piperidine rings is 1. The highest BCUT2D eigenvalue weighted by atomic mass is 16.5. The largest absolute Gasteiger partial charge is 0.497 e. The molecule has 2 heterocycles. The number of rotatable bonds is 9. The standard InChI is InChI=1S/C24H38N2O5/c1-18(2)26(10-11-28-3)16-22-15-24(17-31-22)6-8-25(9-7-24)23(27)19-12-20(29-4)14-21(13-19)30-5/h12-14,18,22H,6-11,15-17H2,1-5H3. The van der Waals surface area contributed by atoms with Gasteiger partial charge in [-0.1, -0.05) is 0 Å². The zero-order chi connectivity index (χ0) is 22.4. The summed E-state index contributed by atoms with van der Waals surface area (Å²) in [5.74, 6) is 1.30. The summed E-state index contributed by atoms with van der Waals surface area (Å²) in [7, 11) is 4.94. The number of nitrogens with zero attached hydrogens (tertiary/aromatic N) is 2. The van der Waals surface area contributed by atoms with Crippen molar-refractivity contribution in [2.45, 2.75) is 45.3 Å². The lowest BCUT2D eigenvalue weighted by atomic mass is 9.76. The molecule has 1 spiro atoms. The Hall–Kier alpha value is -1.83. The lowest BCUT2D eigenvalue weighted by Crippen LogP contribution is -2.44. The van der Waals surface area contributed by atoms with Gasteiger partial charge >= 0.3 is 0 Å². The minimum absolute atomic E-state index is 0.0352. The lowest BCUT2D eigenvalue weighted by Gasteiger charge is -2.38. The number of carbonyl (C=O) groups excluding carboxylic acids is 1. The summed E-state index contributed by atoms with van der Waals surface area (Å²) in [6, 6.07) is 5.81. The zero-order valence-electron chi connectivity index (χ0n) is 19.7. The molecule has 1 amide bonds. The third-order valence-electron chi connectivity index (χ3n) is 6.75. The molecular weight excluding hydrogens is 396 g/mol. The molecular formula is C24H38N2O5. The topological polar surface area (TPSA) is 60.5 Å². The van der Waals surface area contributed by atoms with E-state index in [0.717, 1.165) is 58.7 Å². The molecule has 31 heavy (non-hydrogen) atoms. The van der Waals surface area contributed by atoms with Crippen LogP contribution in [0.5, 0.6) is 11.5 Å². The number of hydrogen-bond acceptors (Lipinski definition) is 6. The number of carbonyl (C=O) groups is 1. The van der Waals surface area contributed by atoms with Crippen molar-refractivity contribution in [3.05, 3.63) is 23.8 Å². The van der Waals surface area contributed by atoms with Gasteiger partial charge in [-0.05, 0) is 50.7 Å². The average molecular weight is 435 g/mol. The number of ether oxygens (including phenoxy) is 4. The van der Waals surface area contributed by atoms with Crippen molar-refractivity contribution < 1.29 is 23.7 Å². The molecule has 2 saturated heterocycles. The van der Waals surface area contributed by atoms with Gasteiger partial charge in [0.15, 0.2) is 0 Å². The first-order chi connectivity index (χ1) is 14.9. The Morgan fingerprint density at radius 1 is 1.16 bits per heavy atom. The Balaban J connectivity index is 1.56. The van der Waals surface area contributed by atoms with E-state index >= 15 is 0 Å². The summed E-state index contributed by atoms with van der Waals surface area (Å²) < 4.78 is 22.1. The SMILES string of the molecule is COCCN(CC1CC2(CCN(C(=O)c3cc(OC)cc(OC)c3)CC2)CO1)C(C)C. The van der Waals surface area contributed by atoms with Crippen LogP contribution in [0.1, 0.15) is 43.5 Å². The van der Waals surface area contributed by atoms with Crippen LogP contribution in [-0.2, 0) is 9.47 Å². The van der Waals surface area contributed by atoms with E-state index in [1.807, 2.05) is 4.90 Å². The van der Waals surface area contributed by atoms with E-state index in [-0.39, 0.29) is 17.4 Å². The van der Waals surface area contributed by atoms with Crippen LogP contribution >= 0.6 is 0 Å².